The normalized spacial score (nSPS) is 10.8. The van der Waals surface area contributed by atoms with Gasteiger partial charge >= 0.3 is 13.1 Å². The zero-order valence-corrected chi connectivity index (χ0v) is 11.6. The third-order valence-electron chi connectivity index (χ3n) is 2.74. The van der Waals surface area contributed by atoms with E-state index >= 15 is 0 Å². The molecule has 0 atom stereocenters. The lowest BCUT2D eigenvalue weighted by Gasteiger charge is -1.95. The fourth-order valence-corrected chi connectivity index (χ4v) is 4.06. The molecular formula is C13H8BF7S. The van der Waals surface area contributed by atoms with Gasteiger partial charge in [-0.1, -0.05) is 24.3 Å². The molecule has 0 amide bonds. The first-order valence-electron chi connectivity index (χ1n) is 5.74. The zero-order valence-electron chi connectivity index (χ0n) is 10.8. The Hall–Kier alpha value is -1.77. The lowest BCUT2D eigenvalue weighted by atomic mass is 10.2. The monoisotopic (exact) mass is 340 g/mol. The van der Waals surface area contributed by atoms with Crippen LogP contribution in [0.4, 0.5) is 26.1 Å². The molecule has 0 fully saturated rings. The predicted octanol–water partition coefficient (Wildman–Crippen LogP) is 3.10. The van der Waals surface area contributed by atoms with Crippen LogP contribution in [0, 0.1) is 0 Å². The van der Waals surface area contributed by atoms with Gasteiger partial charge in [0, 0.05) is 10.8 Å². The van der Waals surface area contributed by atoms with Gasteiger partial charge in [0.2, 0.25) is 0 Å². The van der Waals surface area contributed by atoms with Gasteiger partial charge in [0.05, 0.1) is 0 Å². The second kappa shape index (κ2) is 7.00. The Bertz CT molecular complexity index is 695. The summed E-state index contributed by atoms with van der Waals surface area (Å²) in [5, 5.41) is 1.42. The van der Waals surface area contributed by atoms with Crippen LogP contribution in [0.25, 0.3) is 20.2 Å². The van der Waals surface area contributed by atoms with Gasteiger partial charge in [-0.15, -0.1) is 13.2 Å². The topological polar surface area (TPSA) is 0 Å². The second-order valence-electron chi connectivity index (χ2n) is 3.99. The number of halogens is 7. The van der Waals surface area contributed by atoms with Crippen LogP contribution >= 0.6 is 10.5 Å². The van der Waals surface area contributed by atoms with Crippen molar-refractivity contribution in [3.63, 3.8) is 0 Å². The van der Waals surface area contributed by atoms with E-state index in [0.717, 1.165) is 0 Å². The standard InChI is InChI=1S/C13H8F3S.BF3.FH/c14-13(15,16)17-11-7-3-1-5-9(11)10-6-2-4-8-12(10)17;2-1(3)4;/h1-8H;;1H/q+1;;/p-1. The molecule has 3 rings (SSSR count). The Kier molecular flexibility index (Phi) is 5.81. The summed E-state index contributed by atoms with van der Waals surface area (Å²) in [6, 6.07) is 13.5. The average Bonchev–Trinajstić information content (AvgIpc) is 2.72. The molecule has 22 heavy (non-hydrogen) atoms. The molecule has 0 saturated carbocycles. The SMILES string of the molecule is FB(F)F.FC(F)(F)[s+]1c2ccccc2c2ccccc21.[F-]. The number of hydrogen-bond donors (Lipinski definition) is 0. The van der Waals surface area contributed by atoms with Crippen molar-refractivity contribution in [2.45, 2.75) is 5.51 Å². The quantitative estimate of drug-likeness (QED) is 0.335. The molecule has 0 bridgehead atoms. The van der Waals surface area contributed by atoms with Gasteiger partial charge in [-0.05, 0) is 24.3 Å². The van der Waals surface area contributed by atoms with Gasteiger partial charge in [-0.2, -0.15) is 0 Å². The smallest absolute Gasteiger partial charge is 0.762 e. The van der Waals surface area contributed by atoms with Gasteiger partial charge in [-0.3, -0.25) is 12.9 Å². The molecule has 118 valence electrons. The summed E-state index contributed by atoms with van der Waals surface area (Å²) in [5.74, 6) is 0. The highest BCUT2D eigenvalue weighted by Gasteiger charge is 2.47. The van der Waals surface area contributed by atoms with E-state index in [-0.39, 0.29) is 4.70 Å². The number of hydrogen-bond acceptors (Lipinski definition) is 0. The fraction of sp³-hybridized carbons (Fsp3) is 0.0769. The molecular weight excluding hydrogens is 332 g/mol. The van der Waals surface area contributed by atoms with Gasteiger partial charge in [0.15, 0.2) is 9.40 Å². The van der Waals surface area contributed by atoms with Crippen molar-refractivity contribution in [2.75, 3.05) is 0 Å². The minimum Gasteiger partial charge on any atom is -1.00 e. The molecule has 0 N–H and O–H groups in total. The summed E-state index contributed by atoms with van der Waals surface area (Å²) >= 11 is 0. The molecule has 0 nitrogen and oxygen atoms in total. The molecule has 0 saturated heterocycles. The van der Waals surface area contributed by atoms with E-state index in [1.165, 1.54) is 0 Å². The maximum absolute atomic E-state index is 13.1. The summed E-state index contributed by atoms with van der Waals surface area (Å²) in [4.78, 5) is 0. The summed E-state index contributed by atoms with van der Waals surface area (Å²) < 4.78 is 69.2. The number of fused-ring (bicyclic) bond motifs is 3. The summed E-state index contributed by atoms with van der Waals surface area (Å²) in [6.45, 7) is 0. The van der Waals surface area contributed by atoms with Crippen LogP contribution in [0.1, 0.15) is 0 Å². The van der Waals surface area contributed by atoms with E-state index in [0.29, 0.717) is 20.2 Å². The van der Waals surface area contributed by atoms with Crippen molar-refractivity contribution >= 4 is 38.2 Å². The van der Waals surface area contributed by atoms with E-state index in [9.17, 15) is 26.1 Å². The fourth-order valence-electron chi connectivity index (χ4n) is 2.10. The third kappa shape index (κ3) is 3.71. The average molecular weight is 340 g/mol. The van der Waals surface area contributed by atoms with E-state index in [1.807, 2.05) is 0 Å². The molecule has 1 heterocycles. The maximum Gasteiger partial charge on any atom is 0.762 e. The highest BCUT2D eigenvalue weighted by atomic mass is 32.2. The van der Waals surface area contributed by atoms with Crippen LogP contribution in [0.3, 0.4) is 0 Å². The third-order valence-corrected chi connectivity index (χ3v) is 4.79. The molecule has 0 unspecified atom stereocenters. The van der Waals surface area contributed by atoms with Crippen molar-refractivity contribution in [1.29, 1.82) is 0 Å². The molecule has 0 spiro atoms. The van der Waals surface area contributed by atoms with Gasteiger partial charge in [-0.25, -0.2) is 0 Å². The summed E-state index contributed by atoms with van der Waals surface area (Å²) in [5.41, 5.74) is -4.21. The lowest BCUT2D eigenvalue weighted by Crippen LogP contribution is -3.00. The number of rotatable bonds is 0. The Labute approximate surface area is 123 Å². The van der Waals surface area contributed by atoms with E-state index in [1.54, 1.807) is 48.5 Å². The Morgan fingerprint density at radius 3 is 1.36 bits per heavy atom. The van der Waals surface area contributed by atoms with E-state index in [2.05, 4.69) is 0 Å². The molecule has 0 radical (unpaired) electrons. The first-order valence-corrected chi connectivity index (χ1v) is 6.96. The Morgan fingerprint density at radius 2 is 1.05 bits per heavy atom. The molecule has 0 aliphatic carbocycles. The predicted molar refractivity (Wildman–Crippen MR) is 74.3 cm³/mol. The summed E-state index contributed by atoms with van der Waals surface area (Å²) in [6.07, 6.45) is 0. The minimum absolute atomic E-state index is 0. The van der Waals surface area contributed by atoms with Crippen molar-refractivity contribution in [3.8, 4) is 0 Å². The zero-order chi connectivity index (χ0) is 15.6. The highest BCUT2D eigenvalue weighted by Crippen LogP contribution is 2.53. The van der Waals surface area contributed by atoms with Crippen LogP contribution < -0.4 is 4.70 Å². The molecule has 2 aromatic carbocycles. The van der Waals surface area contributed by atoms with Crippen LogP contribution in [0.5, 0.6) is 0 Å². The highest BCUT2D eigenvalue weighted by molar-refractivity contribution is 7.43. The van der Waals surface area contributed by atoms with Crippen LogP contribution in [0.15, 0.2) is 48.5 Å². The van der Waals surface area contributed by atoms with Crippen LogP contribution in [0.2, 0.25) is 0 Å². The number of benzene rings is 2. The van der Waals surface area contributed by atoms with Gasteiger partial charge in [0.25, 0.3) is 0 Å². The molecule has 0 aliphatic rings. The van der Waals surface area contributed by atoms with Gasteiger partial charge < -0.3 is 4.70 Å². The summed E-state index contributed by atoms with van der Waals surface area (Å²) in [7, 11) is -5.46. The molecule has 9 heteroatoms. The number of thiophene rings is 1. The van der Waals surface area contributed by atoms with Gasteiger partial charge in [0.1, 0.15) is 10.5 Å². The van der Waals surface area contributed by atoms with Crippen molar-refractivity contribution in [1.82, 2.24) is 0 Å². The first kappa shape index (κ1) is 18.3. The largest absolute Gasteiger partial charge is 1.00 e. The Morgan fingerprint density at radius 1 is 0.727 bits per heavy atom. The Balaban J connectivity index is 0.000000436. The molecule has 1 aromatic heterocycles. The maximum atomic E-state index is 13.1. The lowest BCUT2D eigenvalue weighted by molar-refractivity contribution is -0.0862. The van der Waals surface area contributed by atoms with E-state index < -0.39 is 23.5 Å². The van der Waals surface area contributed by atoms with E-state index in [4.69, 9.17) is 0 Å². The van der Waals surface area contributed by atoms with Crippen LogP contribution in [-0.4, -0.2) is 7.54 Å². The molecule has 0 aliphatic heterocycles. The second-order valence-corrected chi connectivity index (χ2v) is 5.95. The van der Waals surface area contributed by atoms with Crippen LogP contribution in [-0.2, 0) is 5.51 Å². The molecule has 3 aromatic rings. The van der Waals surface area contributed by atoms with Crippen molar-refractivity contribution < 1.29 is 30.8 Å². The first-order chi connectivity index (χ1) is 9.82. The van der Waals surface area contributed by atoms with Crippen molar-refractivity contribution in [3.05, 3.63) is 48.5 Å². The number of alkyl halides is 3. The van der Waals surface area contributed by atoms with Crippen molar-refractivity contribution in [2.24, 2.45) is 0 Å². The minimum atomic E-state index is -4.21.